The van der Waals surface area contributed by atoms with Crippen LogP contribution in [-0.2, 0) is 17.8 Å². The van der Waals surface area contributed by atoms with Crippen LogP contribution in [0.1, 0.15) is 23.3 Å². The second kappa shape index (κ2) is 6.40. The summed E-state index contributed by atoms with van der Waals surface area (Å²) < 4.78 is 24.7. The second-order valence-electron chi connectivity index (χ2n) is 5.84. The molecule has 3 rings (SSSR count). The lowest BCUT2D eigenvalue weighted by Crippen LogP contribution is -2.44. The summed E-state index contributed by atoms with van der Waals surface area (Å²) in [5.74, 6) is 0.225. The maximum atomic E-state index is 12.6. The van der Waals surface area contributed by atoms with Gasteiger partial charge in [-0.05, 0) is 49.4 Å². The molecule has 0 unspecified atom stereocenters. The van der Waals surface area contributed by atoms with Crippen LogP contribution in [0, 0.1) is 5.92 Å². The molecular formula is C15H20F2N2OS. The molecule has 0 aromatic carbocycles. The Balaban J connectivity index is 1.53. The van der Waals surface area contributed by atoms with Gasteiger partial charge >= 0.3 is 0 Å². The lowest BCUT2D eigenvalue weighted by atomic mass is 9.94. The molecule has 0 saturated carbocycles. The highest BCUT2D eigenvalue weighted by atomic mass is 32.1. The molecule has 0 spiro atoms. The van der Waals surface area contributed by atoms with Gasteiger partial charge in [0.1, 0.15) is 0 Å². The van der Waals surface area contributed by atoms with Crippen molar-refractivity contribution >= 4 is 17.2 Å². The third kappa shape index (κ3) is 3.43. The summed E-state index contributed by atoms with van der Waals surface area (Å²) in [5.41, 5.74) is 1.27. The van der Waals surface area contributed by atoms with Crippen LogP contribution in [-0.4, -0.2) is 48.3 Å². The van der Waals surface area contributed by atoms with E-state index in [4.69, 9.17) is 0 Å². The van der Waals surface area contributed by atoms with E-state index in [0.717, 1.165) is 19.5 Å². The zero-order valence-electron chi connectivity index (χ0n) is 11.9. The largest absolute Gasteiger partial charge is 0.338 e. The van der Waals surface area contributed by atoms with E-state index in [1.54, 1.807) is 16.2 Å². The highest BCUT2D eigenvalue weighted by molar-refractivity contribution is 7.10. The predicted molar refractivity (Wildman–Crippen MR) is 78.6 cm³/mol. The summed E-state index contributed by atoms with van der Waals surface area (Å²) in [6.45, 7) is 2.57. The molecule has 1 aromatic rings. The van der Waals surface area contributed by atoms with Gasteiger partial charge in [0.2, 0.25) is 5.91 Å². The fourth-order valence-electron chi connectivity index (χ4n) is 3.25. The van der Waals surface area contributed by atoms with Crippen LogP contribution in [0.3, 0.4) is 0 Å². The number of likely N-dealkylation sites (tertiary alicyclic amines) is 1. The zero-order chi connectivity index (χ0) is 14.8. The molecule has 6 heteroatoms. The number of rotatable bonds is 3. The van der Waals surface area contributed by atoms with Crippen molar-refractivity contribution in [3.05, 3.63) is 21.9 Å². The van der Waals surface area contributed by atoms with Crippen LogP contribution in [0.25, 0.3) is 0 Å². The SMILES string of the molecule is O=C(C1CCN(CC(F)F)CC1)N1CCc2sccc2C1. The van der Waals surface area contributed by atoms with Gasteiger partial charge in [-0.2, -0.15) is 0 Å². The number of hydrogen-bond acceptors (Lipinski definition) is 3. The predicted octanol–water partition coefficient (Wildman–Crippen LogP) is 2.61. The third-order valence-corrected chi connectivity index (χ3v) is 5.48. The van der Waals surface area contributed by atoms with Gasteiger partial charge in [-0.15, -0.1) is 11.3 Å². The zero-order valence-corrected chi connectivity index (χ0v) is 12.7. The molecule has 0 aliphatic carbocycles. The summed E-state index contributed by atoms with van der Waals surface area (Å²) >= 11 is 1.76. The molecule has 2 aliphatic rings. The van der Waals surface area contributed by atoms with E-state index < -0.39 is 6.43 Å². The van der Waals surface area contributed by atoms with Crippen molar-refractivity contribution in [3.63, 3.8) is 0 Å². The van der Waals surface area contributed by atoms with Crippen molar-refractivity contribution in [1.82, 2.24) is 9.80 Å². The number of halogens is 2. The summed E-state index contributed by atoms with van der Waals surface area (Å²) in [4.78, 5) is 17.7. The van der Waals surface area contributed by atoms with E-state index in [2.05, 4.69) is 11.4 Å². The highest BCUT2D eigenvalue weighted by Gasteiger charge is 2.31. The van der Waals surface area contributed by atoms with Crippen molar-refractivity contribution < 1.29 is 13.6 Å². The maximum Gasteiger partial charge on any atom is 0.251 e. The monoisotopic (exact) mass is 314 g/mol. The van der Waals surface area contributed by atoms with E-state index in [-0.39, 0.29) is 18.4 Å². The Morgan fingerprint density at radius 3 is 2.81 bits per heavy atom. The lowest BCUT2D eigenvalue weighted by Gasteiger charge is -2.35. The van der Waals surface area contributed by atoms with Gasteiger partial charge in [0.15, 0.2) is 0 Å². The molecule has 21 heavy (non-hydrogen) atoms. The van der Waals surface area contributed by atoms with Crippen LogP contribution >= 0.6 is 11.3 Å². The van der Waals surface area contributed by atoms with E-state index in [1.807, 2.05) is 4.90 Å². The van der Waals surface area contributed by atoms with Gasteiger partial charge in [-0.3, -0.25) is 9.69 Å². The van der Waals surface area contributed by atoms with Gasteiger partial charge in [-0.1, -0.05) is 0 Å². The third-order valence-electron chi connectivity index (χ3n) is 4.45. The Bertz CT molecular complexity index is 498. The number of carbonyl (C=O) groups is 1. The van der Waals surface area contributed by atoms with Gasteiger partial charge in [0.25, 0.3) is 6.43 Å². The molecule has 0 atom stereocenters. The van der Waals surface area contributed by atoms with E-state index in [1.165, 1.54) is 10.4 Å². The minimum absolute atomic E-state index is 0.0131. The number of fused-ring (bicyclic) bond motifs is 1. The summed E-state index contributed by atoms with van der Waals surface area (Å²) in [6, 6.07) is 2.10. The molecule has 0 bridgehead atoms. The maximum absolute atomic E-state index is 12.6. The summed E-state index contributed by atoms with van der Waals surface area (Å²) in [7, 11) is 0. The first-order valence-corrected chi connectivity index (χ1v) is 8.36. The highest BCUT2D eigenvalue weighted by Crippen LogP contribution is 2.27. The molecule has 3 nitrogen and oxygen atoms in total. The van der Waals surface area contributed by atoms with E-state index >= 15 is 0 Å². The van der Waals surface area contributed by atoms with Gasteiger partial charge in [0.05, 0.1) is 6.54 Å². The fraction of sp³-hybridized carbons (Fsp3) is 0.667. The second-order valence-corrected chi connectivity index (χ2v) is 6.85. The number of carbonyl (C=O) groups excluding carboxylic acids is 1. The van der Waals surface area contributed by atoms with Gasteiger partial charge < -0.3 is 4.90 Å². The van der Waals surface area contributed by atoms with Crippen molar-refractivity contribution in [3.8, 4) is 0 Å². The Morgan fingerprint density at radius 2 is 2.10 bits per heavy atom. The van der Waals surface area contributed by atoms with Crippen LogP contribution in [0.4, 0.5) is 8.78 Å². The number of piperidine rings is 1. The first-order valence-electron chi connectivity index (χ1n) is 7.48. The molecule has 0 N–H and O–H groups in total. The van der Waals surface area contributed by atoms with E-state index in [0.29, 0.717) is 25.9 Å². The topological polar surface area (TPSA) is 23.6 Å². The van der Waals surface area contributed by atoms with Crippen LogP contribution in [0.5, 0.6) is 0 Å². The Morgan fingerprint density at radius 1 is 1.33 bits per heavy atom. The lowest BCUT2D eigenvalue weighted by molar-refractivity contribution is -0.138. The average Bonchev–Trinajstić information content (AvgIpc) is 2.94. The first kappa shape index (κ1) is 14.9. The Hall–Kier alpha value is -1.01. The fourth-order valence-corrected chi connectivity index (χ4v) is 4.14. The van der Waals surface area contributed by atoms with E-state index in [9.17, 15) is 13.6 Å². The number of alkyl halides is 2. The van der Waals surface area contributed by atoms with Crippen LogP contribution in [0.2, 0.25) is 0 Å². The molecule has 3 heterocycles. The Kier molecular flexibility index (Phi) is 4.54. The van der Waals surface area contributed by atoms with Crippen LogP contribution < -0.4 is 0 Å². The molecule has 0 radical (unpaired) electrons. The van der Waals surface area contributed by atoms with Crippen molar-refractivity contribution in [2.75, 3.05) is 26.2 Å². The quantitative estimate of drug-likeness (QED) is 0.856. The molecule has 1 aromatic heterocycles. The number of nitrogens with zero attached hydrogens (tertiary/aromatic N) is 2. The van der Waals surface area contributed by atoms with Crippen molar-refractivity contribution in [1.29, 1.82) is 0 Å². The van der Waals surface area contributed by atoms with Crippen LogP contribution in [0.15, 0.2) is 11.4 Å². The smallest absolute Gasteiger partial charge is 0.251 e. The molecule has 2 aliphatic heterocycles. The Labute approximate surface area is 127 Å². The minimum Gasteiger partial charge on any atom is -0.338 e. The first-order chi connectivity index (χ1) is 10.1. The normalized spacial score (nSPS) is 20.8. The molecule has 1 amide bonds. The summed E-state index contributed by atoms with van der Waals surface area (Å²) in [5, 5.41) is 2.08. The molecular weight excluding hydrogens is 294 g/mol. The van der Waals surface area contributed by atoms with Crippen molar-refractivity contribution in [2.24, 2.45) is 5.92 Å². The number of hydrogen-bond donors (Lipinski definition) is 0. The average molecular weight is 314 g/mol. The number of thiophene rings is 1. The standard InChI is InChI=1S/C15H20F2N2OS/c16-14(17)10-18-5-1-11(2-6-18)15(20)19-7-3-13-12(9-19)4-8-21-13/h4,8,11,14H,1-3,5-7,9-10H2. The van der Waals surface area contributed by atoms with Gasteiger partial charge in [-0.25, -0.2) is 8.78 Å². The molecule has 1 saturated heterocycles. The number of amides is 1. The molecule has 116 valence electrons. The van der Waals surface area contributed by atoms with Crippen molar-refractivity contribution in [2.45, 2.75) is 32.2 Å². The molecule has 1 fully saturated rings. The van der Waals surface area contributed by atoms with Gasteiger partial charge in [0, 0.05) is 23.9 Å². The minimum atomic E-state index is -2.28. The summed E-state index contributed by atoms with van der Waals surface area (Å²) in [6.07, 6.45) is 0.0800.